The Balaban J connectivity index is 2.11. The molecule has 0 amide bonds. The molecule has 5 heteroatoms. The van der Waals surface area contributed by atoms with Gasteiger partial charge in [0.15, 0.2) is 5.16 Å². The van der Waals surface area contributed by atoms with Gasteiger partial charge in [-0.3, -0.25) is 0 Å². The molecule has 0 saturated carbocycles. The Labute approximate surface area is 103 Å². The molecule has 0 atom stereocenters. The number of benzene rings is 1. The van der Waals surface area contributed by atoms with Gasteiger partial charge >= 0.3 is 0 Å². The third-order valence-corrected chi connectivity index (χ3v) is 3.21. The molecule has 0 saturated heterocycles. The fraction of sp³-hybridized carbons (Fsp3) is 0.167. The minimum Gasteiger partial charge on any atom is -0.326 e. The van der Waals surface area contributed by atoms with E-state index in [1.165, 1.54) is 23.9 Å². The second kappa shape index (κ2) is 5.75. The van der Waals surface area contributed by atoms with Crippen LogP contribution in [-0.4, -0.2) is 9.97 Å². The lowest BCUT2D eigenvalue weighted by Gasteiger charge is -2.06. The summed E-state index contributed by atoms with van der Waals surface area (Å²) >= 11 is 1.47. The van der Waals surface area contributed by atoms with Gasteiger partial charge in [0.1, 0.15) is 5.82 Å². The number of hydrogen-bond donors (Lipinski definition) is 1. The normalized spacial score (nSPS) is 10.5. The van der Waals surface area contributed by atoms with Crippen molar-refractivity contribution in [3.8, 4) is 0 Å². The van der Waals surface area contributed by atoms with E-state index in [-0.39, 0.29) is 5.82 Å². The predicted molar refractivity (Wildman–Crippen MR) is 65.9 cm³/mol. The van der Waals surface area contributed by atoms with Crippen LogP contribution in [0.25, 0.3) is 0 Å². The maximum atomic E-state index is 13.1. The molecule has 1 aromatic heterocycles. The molecule has 0 aliphatic heterocycles. The molecule has 0 spiro atoms. The van der Waals surface area contributed by atoms with E-state index in [1.807, 2.05) is 0 Å². The first-order valence-electron chi connectivity index (χ1n) is 5.17. The summed E-state index contributed by atoms with van der Waals surface area (Å²) < 4.78 is 13.1. The Morgan fingerprint density at radius 1 is 1.18 bits per heavy atom. The number of rotatable bonds is 4. The first-order chi connectivity index (χ1) is 8.29. The van der Waals surface area contributed by atoms with Crippen LogP contribution in [0.1, 0.15) is 11.1 Å². The summed E-state index contributed by atoms with van der Waals surface area (Å²) in [6.07, 6.45) is 3.37. The highest BCUT2D eigenvalue weighted by Gasteiger charge is 2.04. The molecule has 0 bridgehead atoms. The number of nitrogens with zero attached hydrogens (tertiary/aromatic N) is 2. The molecule has 0 aliphatic rings. The number of nitrogens with two attached hydrogens (primary N) is 1. The molecular weight excluding hydrogens is 237 g/mol. The van der Waals surface area contributed by atoms with Crippen LogP contribution in [0.4, 0.5) is 4.39 Å². The van der Waals surface area contributed by atoms with Gasteiger partial charge in [-0.1, -0.05) is 17.8 Å². The maximum absolute atomic E-state index is 13.1. The van der Waals surface area contributed by atoms with Gasteiger partial charge in [-0.2, -0.15) is 0 Å². The Kier molecular flexibility index (Phi) is 4.06. The van der Waals surface area contributed by atoms with E-state index in [0.717, 1.165) is 11.1 Å². The van der Waals surface area contributed by atoms with Gasteiger partial charge in [-0.25, -0.2) is 14.4 Å². The molecule has 1 heterocycles. The summed E-state index contributed by atoms with van der Waals surface area (Å²) in [4.78, 5) is 8.20. The van der Waals surface area contributed by atoms with E-state index < -0.39 is 0 Å². The standard InChI is InChI=1S/C12H12FN3S/c13-11-3-2-9(7-14)10(6-11)8-17-12-15-4-1-5-16-12/h1-6H,7-8,14H2. The summed E-state index contributed by atoms with van der Waals surface area (Å²) in [5, 5.41) is 0.680. The van der Waals surface area contributed by atoms with E-state index in [0.29, 0.717) is 17.5 Å². The van der Waals surface area contributed by atoms with Crippen molar-refractivity contribution in [3.05, 3.63) is 53.6 Å². The van der Waals surface area contributed by atoms with Crippen LogP contribution in [0.3, 0.4) is 0 Å². The zero-order valence-electron chi connectivity index (χ0n) is 9.14. The zero-order valence-corrected chi connectivity index (χ0v) is 9.95. The topological polar surface area (TPSA) is 51.8 Å². The molecule has 2 aromatic rings. The Morgan fingerprint density at radius 2 is 1.94 bits per heavy atom. The van der Waals surface area contributed by atoms with Gasteiger partial charge < -0.3 is 5.73 Å². The van der Waals surface area contributed by atoms with Crippen molar-refractivity contribution in [1.29, 1.82) is 0 Å². The molecule has 0 fully saturated rings. The lowest BCUT2D eigenvalue weighted by atomic mass is 10.1. The quantitative estimate of drug-likeness (QED) is 0.667. The fourth-order valence-electron chi connectivity index (χ4n) is 1.43. The molecule has 1 aromatic carbocycles. The third-order valence-electron chi connectivity index (χ3n) is 2.29. The fourth-order valence-corrected chi connectivity index (χ4v) is 2.25. The highest BCUT2D eigenvalue weighted by Crippen LogP contribution is 2.21. The maximum Gasteiger partial charge on any atom is 0.187 e. The van der Waals surface area contributed by atoms with Crippen LogP contribution in [0.15, 0.2) is 41.8 Å². The molecule has 2 rings (SSSR count). The lowest BCUT2D eigenvalue weighted by Crippen LogP contribution is -2.01. The molecule has 88 valence electrons. The molecule has 3 nitrogen and oxygen atoms in total. The summed E-state index contributed by atoms with van der Waals surface area (Å²) in [5.41, 5.74) is 7.45. The largest absolute Gasteiger partial charge is 0.326 e. The van der Waals surface area contributed by atoms with Crippen molar-refractivity contribution in [2.45, 2.75) is 17.5 Å². The van der Waals surface area contributed by atoms with Gasteiger partial charge in [-0.05, 0) is 29.3 Å². The first kappa shape index (κ1) is 12.0. The van der Waals surface area contributed by atoms with Crippen LogP contribution in [0.2, 0.25) is 0 Å². The summed E-state index contributed by atoms with van der Waals surface area (Å²) in [6.45, 7) is 0.409. The van der Waals surface area contributed by atoms with E-state index in [2.05, 4.69) is 9.97 Å². The Hall–Kier alpha value is -1.46. The second-order valence-corrected chi connectivity index (χ2v) is 4.38. The minimum absolute atomic E-state index is 0.244. The summed E-state index contributed by atoms with van der Waals surface area (Å²) in [6, 6.07) is 6.42. The molecule has 0 radical (unpaired) electrons. The molecule has 2 N–H and O–H groups in total. The Morgan fingerprint density at radius 3 is 2.65 bits per heavy atom. The molecule has 0 unspecified atom stereocenters. The van der Waals surface area contributed by atoms with Crippen LogP contribution in [0.5, 0.6) is 0 Å². The number of halogens is 1. The number of thioether (sulfide) groups is 1. The minimum atomic E-state index is -0.244. The van der Waals surface area contributed by atoms with Gasteiger partial charge in [-0.15, -0.1) is 0 Å². The number of hydrogen-bond acceptors (Lipinski definition) is 4. The van der Waals surface area contributed by atoms with Crippen molar-refractivity contribution in [1.82, 2.24) is 9.97 Å². The van der Waals surface area contributed by atoms with Crippen molar-refractivity contribution < 1.29 is 4.39 Å². The molecular formula is C12H12FN3S. The van der Waals surface area contributed by atoms with Crippen LogP contribution < -0.4 is 5.73 Å². The molecule has 17 heavy (non-hydrogen) atoms. The van der Waals surface area contributed by atoms with Crippen molar-refractivity contribution in [2.75, 3.05) is 0 Å². The van der Waals surface area contributed by atoms with Crippen LogP contribution >= 0.6 is 11.8 Å². The van der Waals surface area contributed by atoms with E-state index in [9.17, 15) is 4.39 Å². The summed E-state index contributed by atoms with van der Waals surface area (Å²) in [5.74, 6) is 0.376. The van der Waals surface area contributed by atoms with Crippen molar-refractivity contribution >= 4 is 11.8 Å². The lowest BCUT2D eigenvalue weighted by molar-refractivity contribution is 0.625. The average molecular weight is 249 g/mol. The SMILES string of the molecule is NCc1ccc(F)cc1CSc1ncccn1. The summed E-state index contributed by atoms with van der Waals surface area (Å²) in [7, 11) is 0. The van der Waals surface area contributed by atoms with E-state index in [1.54, 1.807) is 24.5 Å². The average Bonchev–Trinajstić information content (AvgIpc) is 2.38. The number of aromatic nitrogens is 2. The van der Waals surface area contributed by atoms with Gasteiger partial charge in [0.05, 0.1) is 0 Å². The second-order valence-electron chi connectivity index (χ2n) is 3.44. The van der Waals surface area contributed by atoms with Crippen LogP contribution in [0, 0.1) is 5.82 Å². The predicted octanol–water partition coefficient (Wildman–Crippen LogP) is 2.37. The van der Waals surface area contributed by atoms with Gasteiger partial charge in [0.25, 0.3) is 0 Å². The van der Waals surface area contributed by atoms with E-state index in [4.69, 9.17) is 5.73 Å². The highest BCUT2D eigenvalue weighted by molar-refractivity contribution is 7.98. The zero-order chi connectivity index (χ0) is 12.1. The molecule has 0 aliphatic carbocycles. The smallest absolute Gasteiger partial charge is 0.187 e. The van der Waals surface area contributed by atoms with Gasteiger partial charge in [0.2, 0.25) is 0 Å². The monoisotopic (exact) mass is 249 g/mol. The van der Waals surface area contributed by atoms with Crippen molar-refractivity contribution in [2.24, 2.45) is 5.73 Å². The van der Waals surface area contributed by atoms with Crippen LogP contribution in [-0.2, 0) is 12.3 Å². The first-order valence-corrected chi connectivity index (χ1v) is 6.15. The van der Waals surface area contributed by atoms with E-state index >= 15 is 0 Å². The van der Waals surface area contributed by atoms with Crippen molar-refractivity contribution in [3.63, 3.8) is 0 Å². The Bertz CT molecular complexity index is 490. The van der Waals surface area contributed by atoms with Gasteiger partial charge in [0, 0.05) is 24.7 Å². The third kappa shape index (κ3) is 3.25. The highest BCUT2D eigenvalue weighted by atomic mass is 32.2.